The Balaban J connectivity index is 1.82. The summed E-state index contributed by atoms with van der Waals surface area (Å²) in [6, 6.07) is 7.42. The summed E-state index contributed by atoms with van der Waals surface area (Å²) in [5, 5.41) is 33.3. The number of benzene rings is 1. The minimum Gasteiger partial charge on any atom is -0.367 e. The second kappa shape index (κ2) is 6.42. The Labute approximate surface area is 112 Å². The Morgan fingerprint density at radius 1 is 1.26 bits per heavy atom. The van der Waals surface area contributed by atoms with Crippen LogP contribution in [-0.2, 0) is 6.42 Å². The van der Waals surface area contributed by atoms with Crippen LogP contribution in [0.1, 0.15) is 23.6 Å². The molecule has 1 aromatic carbocycles. The normalized spacial score (nSPS) is 21.4. The number of nitrogens with two attached hydrogens (primary N) is 1. The largest absolute Gasteiger partial charge is 0.367 e. The van der Waals surface area contributed by atoms with E-state index in [0.717, 1.165) is 12.8 Å². The van der Waals surface area contributed by atoms with E-state index in [0.29, 0.717) is 0 Å². The highest BCUT2D eigenvalue weighted by Gasteiger charge is 2.23. The molecule has 0 bridgehead atoms. The smallest absolute Gasteiger partial charge is 0.168 e. The predicted molar refractivity (Wildman–Crippen MR) is 70.9 cm³/mol. The Morgan fingerprint density at radius 2 is 2.00 bits per heavy atom. The number of rotatable bonds is 6. The van der Waals surface area contributed by atoms with Crippen LogP contribution in [0.4, 0.5) is 0 Å². The summed E-state index contributed by atoms with van der Waals surface area (Å²) in [6.45, 7) is 0.111. The molecule has 0 saturated carbocycles. The van der Waals surface area contributed by atoms with E-state index in [4.69, 9.17) is 15.9 Å². The van der Waals surface area contributed by atoms with Crippen LogP contribution in [0.5, 0.6) is 0 Å². The first-order valence-electron chi connectivity index (χ1n) is 6.45. The van der Waals surface area contributed by atoms with Crippen molar-refractivity contribution in [2.24, 2.45) is 5.73 Å². The van der Waals surface area contributed by atoms with Crippen molar-refractivity contribution in [3.8, 4) is 0 Å². The number of aryl methyl sites for hydroxylation is 1. The molecule has 0 spiro atoms. The molecular formula is C13H21N3O3. The van der Waals surface area contributed by atoms with Crippen molar-refractivity contribution in [2.45, 2.75) is 37.6 Å². The predicted octanol–water partition coefficient (Wildman–Crippen LogP) is -1.23. The average Bonchev–Trinajstić information content (AvgIpc) is 2.79. The average molecular weight is 267 g/mol. The lowest BCUT2D eigenvalue weighted by molar-refractivity contribution is -0.0604. The number of nitrogens with one attached hydrogen (secondary N) is 2. The summed E-state index contributed by atoms with van der Waals surface area (Å²) in [4.78, 5) is 0. The van der Waals surface area contributed by atoms with Gasteiger partial charge in [-0.05, 0) is 24.0 Å². The number of fused-ring (bicyclic) bond motifs is 1. The number of aliphatic hydroxyl groups excluding tert-OH is 2. The molecule has 19 heavy (non-hydrogen) atoms. The Hall–Kier alpha value is -1.02. The van der Waals surface area contributed by atoms with Gasteiger partial charge in [0.05, 0.1) is 6.04 Å². The van der Waals surface area contributed by atoms with Gasteiger partial charge in [0.2, 0.25) is 0 Å². The molecule has 0 saturated heterocycles. The van der Waals surface area contributed by atoms with Crippen molar-refractivity contribution in [2.75, 3.05) is 6.54 Å². The monoisotopic (exact) mass is 267 g/mol. The maximum atomic E-state index is 9.82. The first-order chi connectivity index (χ1) is 9.08. The summed E-state index contributed by atoms with van der Waals surface area (Å²) >= 11 is 0. The van der Waals surface area contributed by atoms with Crippen LogP contribution in [0.15, 0.2) is 24.3 Å². The first kappa shape index (κ1) is 14.4. The van der Waals surface area contributed by atoms with Gasteiger partial charge in [-0.2, -0.15) is 0 Å². The molecule has 3 atom stereocenters. The highest BCUT2D eigenvalue weighted by atomic mass is 16.5. The third kappa shape index (κ3) is 3.73. The van der Waals surface area contributed by atoms with Crippen molar-refractivity contribution in [3.05, 3.63) is 35.4 Å². The van der Waals surface area contributed by atoms with Gasteiger partial charge in [-0.3, -0.25) is 10.6 Å². The quantitative estimate of drug-likeness (QED) is 0.360. The van der Waals surface area contributed by atoms with Gasteiger partial charge < -0.3 is 21.1 Å². The van der Waals surface area contributed by atoms with Crippen molar-refractivity contribution >= 4 is 0 Å². The summed E-state index contributed by atoms with van der Waals surface area (Å²) in [5.74, 6) is 0. The zero-order valence-corrected chi connectivity index (χ0v) is 10.7. The third-order valence-electron chi connectivity index (χ3n) is 3.42. The van der Waals surface area contributed by atoms with Crippen LogP contribution in [0.25, 0.3) is 0 Å². The molecule has 6 heteroatoms. The van der Waals surface area contributed by atoms with Crippen LogP contribution < -0.4 is 16.4 Å². The molecule has 2 rings (SSSR count). The van der Waals surface area contributed by atoms with Gasteiger partial charge in [-0.15, -0.1) is 0 Å². The molecule has 1 aromatic rings. The number of aliphatic hydroxyl groups is 3. The van der Waals surface area contributed by atoms with Crippen molar-refractivity contribution in [3.63, 3.8) is 0 Å². The summed E-state index contributed by atoms with van der Waals surface area (Å²) in [5.41, 5.74) is 7.95. The summed E-state index contributed by atoms with van der Waals surface area (Å²) in [7, 11) is 0. The minimum absolute atomic E-state index is 0.106. The maximum absolute atomic E-state index is 9.82. The van der Waals surface area contributed by atoms with Gasteiger partial charge in [0, 0.05) is 12.6 Å². The molecule has 1 unspecified atom stereocenters. The Kier molecular flexibility index (Phi) is 4.87. The van der Waals surface area contributed by atoms with Gasteiger partial charge in [0.15, 0.2) is 12.6 Å². The summed E-state index contributed by atoms with van der Waals surface area (Å²) in [6.07, 6.45) is -0.588. The van der Waals surface area contributed by atoms with Crippen LogP contribution in [0.3, 0.4) is 0 Å². The second-order valence-electron chi connectivity index (χ2n) is 4.84. The fourth-order valence-corrected chi connectivity index (χ4v) is 2.33. The standard InChI is InChI=1S/C13H21N3O3/c14-10(12(17)18)7-15-13(19)16-11-6-5-8-3-1-2-4-9(8)11/h1-4,10-13,15-19H,5-7,14H2/t10-,11+,13?/m0/s1. The van der Waals surface area contributed by atoms with Gasteiger partial charge in [-0.1, -0.05) is 24.3 Å². The van der Waals surface area contributed by atoms with E-state index in [1.165, 1.54) is 11.1 Å². The third-order valence-corrected chi connectivity index (χ3v) is 3.42. The van der Waals surface area contributed by atoms with E-state index in [-0.39, 0.29) is 12.6 Å². The lowest BCUT2D eigenvalue weighted by atomic mass is 10.1. The highest BCUT2D eigenvalue weighted by molar-refractivity contribution is 5.34. The van der Waals surface area contributed by atoms with Crippen LogP contribution in [0, 0.1) is 0 Å². The lowest BCUT2D eigenvalue weighted by Crippen LogP contribution is -2.51. The molecule has 0 amide bonds. The fourth-order valence-electron chi connectivity index (χ4n) is 2.33. The van der Waals surface area contributed by atoms with E-state index in [1.807, 2.05) is 12.1 Å². The molecule has 6 nitrogen and oxygen atoms in total. The number of hydrogen-bond donors (Lipinski definition) is 6. The molecule has 0 heterocycles. The van der Waals surface area contributed by atoms with Crippen molar-refractivity contribution in [1.29, 1.82) is 0 Å². The van der Waals surface area contributed by atoms with Crippen LogP contribution in [-0.4, -0.2) is 40.5 Å². The topological polar surface area (TPSA) is 111 Å². The van der Waals surface area contributed by atoms with Gasteiger partial charge in [0.25, 0.3) is 0 Å². The zero-order chi connectivity index (χ0) is 13.8. The van der Waals surface area contributed by atoms with E-state index in [2.05, 4.69) is 22.8 Å². The van der Waals surface area contributed by atoms with Crippen molar-refractivity contribution in [1.82, 2.24) is 10.6 Å². The molecule has 0 radical (unpaired) electrons. The van der Waals surface area contributed by atoms with Crippen LogP contribution >= 0.6 is 0 Å². The molecule has 0 fully saturated rings. The second-order valence-corrected chi connectivity index (χ2v) is 4.84. The maximum Gasteiger partial charge on any atom is 0.168 e. The lowest BCUT2D eigenvalue weighted by Gasteiger charge is -2.22. The van der Waals surface area contributed by atoms with E-state index >= 15 is 0 Å². The van der Waals surface area contributed by atoms with E-state index in [9.17, 15) is 5.11 Å². The fraction of sp³-hybridized carbons (Fsp3) is 0.538. The minimum atomic E-state index is -1.59. The van der Waals surface area contributed by atoms with E-state index in [1.54, 1.807) is 0 Å². The molecule has 106 valence electrons. The SMILES string of the molecule is N[C@@H](CNC(O)N[C@@H]1CCc2ccccc21)C(O)O. The number of hydrogen-bond acceptors (Lipinski definition) is 6. The Morgan fingerprint density at radius 3 is 2.74 bits per heavy atom. The van der Waals surface area contributed by atoms with Gasteiger partial charge >= 0.3 is 0 Å². The van der Waals surface area contributed by atoms with Crippen LogP contribution in [0.2, 0.25) is 0 Å². The summed E-state index contributed by atoms with van der Waals surface area (Å²) < 4.78 is 0. The molecule has 1 aliphatic carbocycles. The van der Waals surface area contributed by atoms with Crippen molar-refractivity contribution < 1.29 is 15.3 Å². The first-order valence-corrected chi connectivity index (χ1v) is 6.45. The Bertz CT molecular complexity index is 414. The highest BCUT2D eigenvalue weighted by Crippen LogP contribution is 2.30. The molecule has 0 aromatic heterocycles. The molecule has 7 N–H and O–H groups in total. The molecular weight excluding hydrogens is 246 g/mol. The zero-order valence-electron chi connectivity index (χ0n) is 10.7. The van der Waals surface area contributed by atoms with Gasteiger partial charge in [0.1, 0.15) is 0 Å². The van der Waals surface area contributed by atoms with Gasteiger partial charge in [-0.25, -0.2) is 0 Å². The van der Waals surface area contributed by atoms with E-state index < -0.39 is 18.7 Å². The molecule has 1 aliphatic rings. The molecule has 0 aliphatic heterocycles.